The molecule has 5 saturated carbocycles. The summed E-state index contributed by atoms with van der Waals surface area (Å²) in [6, 6.07) is 25.7. The number of morpholine rings is 2. The third-order valence-corrected chi connectivity index (χ3v) is 19.2. The highest BCUT2D eigenvalue weighted by Crippen LogP contribution is 2.62. The molecule has 0 radical (unpaired) electrons. The highest BCUT2D eigenvalue weighted by Gasteiger charge is 2.64. The fourth-order valence-corrected chi connectivity index (χ4v) is 17.7. The smallest absolute Gasteiger partial charge is 0.0920 e. The Morgan fingerprint density at radius 3 is 1.39 bits per heavy atom. The van der Waals surface area contributed by atoms with Gasteiger partial charge in [-0.25, -0.2) is 0 Å². The Kier molecular flexibility index (Phi) is 7.66. The Labute approximate surface area is 330 Å². The lowest BCUT2D eigenvalue weighted by atomic mass is 9.72. The van der Waals surface area contributed by atoms with E-state index in [0.717, 1.165) is 23.3 Å². The van der Waals surface area contributed by atoms with Crippen LogP contribution in [0.2, 0.25) is 0 Å². The van der Waals surface area contributed by atoms with Gasteiger partial charge in [0.15, 0.2) is 0 Å². The van der Waals surface area contributed by atoms with E-state index in [-0.39, 0.29) is 12.2 Å². The van der Waals surface area contributed by atoms with Gasteiger partial charge in [0.2, 0.25) is 0 Å². The molecule has 284 valence electrons. The topological polar surface area (TPSA) is 31.4 Å². The number of fused-ring (bicyclic) bond motifs is 10. The first kappa shape index (κ1) is 32.8. The molecule has 6 nitrogen and oxygen atoms in total. The molecule has 11 aliphatic rings. The van der Waals surface area contributed by atoms with Crippen LogP contribution in [0.4, 0.5) is 11.4 Å². The lowest BCUT2D eigenvalue weighted by Crippen LogP contribution is -2.76. The van der Waals surface area contributed by atoms with Crippen LogP contribution in [0.25, 0.3) is 0 Å². The molecule has 13 rings (SSSR count). The van der Waals surface area contributed by atoms with Gasteiger partial charge < -0.3 is 29.1 Å². The largest absolute Gasteiger partial charge is 0.371 e. The first-order valence-corrected chi connectivity index (χ1v) is 23.9. The predicted molar refractivity (Wildman–Crippen MR) is 219 cm³/mol. The Morgan fingerprint density at radius 2 is 0.907 bits per heavy atom. The van der Waals surface area contributed by atoms with Crippen molar-refractivity contribution in [2.75, 3.05) is 9.80 Å². The standard InChI is InChI=1S/C46H56N4O2S2/c1-3-13-27(14-4-1)47-31-19-11-21-35-43(31)49(45-41(47)29-17-7-9-23-39(29)53-45)33-25-34-38(26-37(33)51-35)52-36-22-12-20-32-44(36)50(34)46-42(30-18-8-10-24-40(30)54-46)48(32)28-15-5-2-6-16-28/h1-6,13-16,29-40,43-44H,7-12,17-26H2. The molecular weight excluding hydrogens is 705 g/mol. The van der Waals surface area contributed by atoms with Crippen LogP contribution < -0.4 is 9.80 Å². The van der Waals surface area contributed by atoms with Crippen molar-refractivity contribution in [3.05, 3.63) is 82.1 Å². The van der Waals surface area contributed by atoms with Crippen molar-refractivity contribution in [3.8, 4) is 0 Å². The van der Waals surface area contributed by atoms with Crippen LogP contribution in [0.5, 0.6) is 0 Å². The van der Waals surface area contributed by atoms with E-state index in [1.165, 1.54) is 101 Å². The van der Waals surface area contributed by atoms with E-state index >= 15 is 0 Å². The summed E-state index contributed by atoms with van der Waals surface area (Å²) in [6.07, 6.45) is 21.8. The number of para-hydroxylation sites is 2. The van der Waals surface area contributed by atoms with E-state index in [1.54, 1.807) is 21.5 Å². The maximum atomic E-state index is 7.49. The molecule has 2 saturated heterocycles. The molecule has 8 heteroatoms. The molecule has 0 spiro atoms. The van der Waals surface area contributed by atoms with Crippen LogP contribution in [-0.2, 0) is 9.47 Å². The van der Waals surface area contributed by atoms with E-state index in [4.69, 9.17) is 9.47 Å². The average molecular weight is 761 g/mol. The number of nitrogens with zero attached hydrogens (tertiary/aromatic N) is 4. The van der Waals surface area contributed by atoms with Crippen LogP contribution >= 0.6 is 23.5 Å². The summed E-state index contributed by atoms with van der Waals surface area (Å²) in [7, 11) is 0. The Morgan fingerprint density at radius 1 is 0.444 bits per heavy atom. The molecule has 5 aliphatic carbocycles. The summed E-state index contributed by atoms with van der Waals surface area (Å²) in [5.74, 6) is 1.35. The van der Waals surface area contributed by atoms with Gasteiger partial charge in [0.1, 0.15) is 0 Å². The summed E-state index contributed by atoms with van der Waals surface area (Å²) in [4.78, 5) is 12.0. The van der Waals surface area contributed by atoms with E-state index in [0.29, 0.717) is 60.3 Å². The number of hydrogen-bond acceptors (Lipinski definition) is 8. The second-order valence-electron chi connectivity index (χ2n) is 18.7. The van der Waals surface area contributed by atoms with Gasteiger partial charge in [-0.3, -0.25) is 0 Å². The van der Waals surface area contributed by atoms with E-state index in [9.17, 15) is 0 Å². The number of allylic oxidation sites excluding steroid dienone is 2. The molecule has 0 bridgehead atoms. The second-order valence-corrected chi connectivity index (χ2v) is 21.2. The van der Waals surface area contributed by atoms with Crippen LogP contribution in [0.3, 0.4) is 0 Å². The summed E-state index contributed by atoms with van der Waals surface area (Å²) < 4.78 is 15.0. The van der Waals surface area contributed by atoms with Gasteiger partial charge in [0.25, 0.3) is 0 Å². The summed E-state index contributed by atoms with van der Waals surface area (Å²) in [5.41, 5.74) is 6.23. The van der Waals surface area contributed by atoms with Gasteiger partial charge in [0, 0.05) is 40.1 Å². The number of hydrogen-bond donors (Lipinski definition) is 0. The molecule has 0 amide bonds. The third kappa shape index (κ3) is 4.63. The maximum Gasteiger partial charge on any atom is 0.0920 e. The van der Waals surface area contributed by atoms with Crippen molar-refractivity contribution in [1.29, 1.82) is 0 Å². The number of thioether (sulfide) groups is 2. The molecule has 0 N–H and O–H groups in total. The molecule has 54 heavy (non-hydrogen) atoms. The molecule has 7 fully saturated rings. The number of anilines is 2. The Hall–Kier alpha value is -2.26. The van der Waals surface area contributed by atoms with Crippen molar-refractivity contribution in [2.45, 2.75) is 174 Å². The zero-order valence-corrected chi connectivity index (χ0v) is 33.2. The van der Waals surface area contributed by atoms with Crippen molar-refractivity contribution >= 4 is 34.9 Å². The zero-order valence-electron chi connectivity index (χ0n) is 31.6. The van der Waals surface area contributed by atoms with E-state index < -0.39 is 0 Å². The zero-order chi connectivity index (χ0) is 35.1. The highest BCUT2D eigenvalue weighted by molar-refractivity contribution is 8.04. The van der Waals surface area contributed by atoms with Gasteiger partial charge >= 0.3 is 0 Å². The Balaban J connectivity index is 0.940. The molecule has 6 aliphatic heterocycles. The van der Waals surface area contributed by atoms with Crippen LogP contribution in [0.1, 0.15) is 103 Å². The highest BCUT2D eigenvalue weighted by atomic mass is 32.2. The molecule has 2 aromatic rings. The molecule has 14 unspecified atom stereocenters. The van der Waals surface area contributed by atoms with Gasteiger partial charge in [-0.2, -0.15) is 0 Å². The fraction of sp³-hybridized carbons (Fsp3) is 0.652. The SMILES string of the molecule is c1ccc(N2C3=C(SC4CCCCC34)N3C4CC5C(CC4OC4CCCC2C43)OC2CCCC3C2N5C2=C(C4CCCCC4S2)N3c2ccccc2)cc1. The summed E-state index contributed by atoms with van der Waals surface area (Å²) in [6.45, 7) is 0. The number of rotatable bonds is 2. The van der Waals surface area contributed by atoms with Gasteiger partial charge in [0.05, 0.1) is 82.1 Å². The van der Waals surface area contributed by atoms with E-state index in [1.807, 2.05) is 0 Å². The summed E-state index contributed by atoms with van der Waals surface area (Å²) >= 11 is 4.59. The van der Waals surface area contributed by atoms with E-state index in [2.05, 4.69) is 104 Å². The van der Waals surface area contributed by atoms with Crippen molar-refractivity contribution in [1.82, 2.24) is 9.80 Å². The summed E-state index contributed by atoms with van der Waals surface area (Å²) in [5, 5.41) is 4.76. The van der Waals surface area contributed by atoms with Crippen LogP contribution in [0.15, 0.2) is 82.1 Å². The van der Waals surface area contributed by atoms with Gasteiger partial charge in [-0.05, 0) is 94.9 Å². The average Bonchev–Trinajstić information content (AvgIpc) is 3.80. The molecule has 14 atom stereocenters. The molecular formula is C46H56N4O2S2. The quantitative estimate of drug-likeness (QED) is 0.300. The molecule has 2 aromatic carbocycles. The fourth-order valence-electron chi connectivity index (χ4n) is 14.2. The van der Waals surface area contributed by atoms with Crippen molar-refractivity contribution in [2.24, 2.45) is 11.8 Å². The first-order chi connectivity index (χ1) is 26.8. The predicted octanol–water partition coefficient (Wildman–Crippen LogP) is 9.49. The lowest BCUT2D eigenvalue weighted by molar-refractivity contribution is -0.230. The maximum absolute atomic E-state index is 7.49. The minimum atomic E-state index is 0.250. The number of benzene rings is 2. The number of ether oxygens (including phenoxy) is 2. The normalized spacial score (nSPS) is 44.4. The van der Waals surface area contributed by atoms with Crippen molar-refractivity contribution < 1.29 is 9.47 Å². The van der Waals surface area contributed by atoms with Gasteiger partial charge in [-0.1, -0.05) is 62.1 Å². The molecule has 0 aromatic heterocycles. The van der Waals surface area contributed by atoms with Crippen LogP contribution in [0, 0.1) is 11.8 Å². The van der Waals surface area contributed by atoms with Crippen LogP contribution in [-0.4, -0.2) is 81.0 Å². The monoisotopic (exact) mass is 760 g/mol. The first-order valence-electron chi connectivity index (χ1n) is 22.2. The second kappa shape index (κ2) is 12.6. The minimum Gasteiger partial charge on any atom is -0.371 e. The minimum absolute atomic E-state index is 0.250. The van der Waals surface area contributed by atoms with Crippen molar-refractivity contribution in [3.63, 3.8) is 0 Å². The lowest BCUT2D eigenvalue weighted by Gasteiger charge is -2.66. The third-order valence-electron chi connectivity index (χ3n) is 16.2. The Bertz CT molecular complexity index is 1730. The van der Waals surface area contributed by atoms with Gasteiger partial charge in [-0.15, -0.1) is 23.5 Å². The molecule has 6 heterocycles.